The number of imidazole rings is 1. The number of nitrogens with one attached hydrogen (secondary N) is 1. The van der Waals surface area contributed by atoms with Crippen molar-refractivity contribution in [2.45, 2.75) is 0 Å². The second-order valence-corrected chi connectivity index (χ2v) is 3.94. The first-order chi connectivity index (χ1) is 7.68. The Bertz CT molecular complexity index is 523. The van der Waals surface area contributed by atoms with Crippen molar-refractivity contribution < 1.29 is 4.79 Å². The predicted molar refractivity (Wildman–Crippen MR) is 63.1 cm³/mol. The summed E-state index contributed by atoms with van der Waals surface area (Å²) in [6.07, 6.45) is 4.73. The van der Waals surface area contributed by atoms with E-state index in [9.17, 15) is 4.79 Å². The van der Waals surface area contributed by atoms with Gasteiger partial charge in [-0.1, -0.05) is 0 Å². The highest BCUT2D eigenvalue weighted by Crippen LogP contribution is 2.18. The molecule has 2 aromatic rings. The fourth-order valence-electron chi connectivity index (χ4n) is 1.24. The first-order valence-corrected chi connectivity index (χ1v) is 5.36. The third-order valence-electron chi connectivity index (χ3n) is 2.06. The summed E-state index contributed by atoms with van der Waals surface area (Å²) in [4.78, 5) is 19.7. The maximum absolute atomic E-state index is 11.8. The van der Waals surface area contributed by atoms with Crippen molar-refractivity contribution in [3.63, 3.8) is 0 Å². The number of halogens is 1. The zero-order valence-corrected chi connectivity index (χ0v) is 10.1. The van der Waals surface area contributed by atoms with E-state index < -0.39 is 0 Å². The van der Waals surface area contributed by atoms with Gasteiger partial charge in [-0.15, -0.1) is 0 Å². The van der Waals surface area contributed by atoms with Crippen LogP contribution in [0.1, 0.15) is 10.5 Å². The molecular weight excluding hydrogens is 272 g/mol. The predicted octanol–water partition coefficient (Wildman–Crippen LogP) is 1.83. The van der Waals surface area contributed by atoms with Crippen molar-refractivity contribution in [2.75, 3.05) is 5.32 Å². The molecular formula is C10H9BrN4O. The van der Waals surface area contributed by atoms with Gasteiger partial charge in [0.15, 0.2) is 0 Å². The molecule has 0 aromatic carbocycles. The molecule has 0 bridgehead atoms. The van der Waals surface area contributed by atoms with E-state index in [1.807, 2.05) is 0 Å². The minimum atomic E-state index is -0.214. The number of hydrogen-bond acceptors (Lipinski definition) is 3. The number of carbonyl (C=O) groups is 1. The second kappa shape index (κ2) is 4.44. The fourth-order valence-corrected chi connectivity index (χ4v) is 1.59. The van der Waals surface area contributed by atoms with E-state index in [2.05, 4.69) is 31.2 Å². The molecule has 0 aliphatic heterocycles. The smallest absolute Gasteiger partial charge is 0.273 e. The molecule has 2 rings (SSSR count). The van der Waals surface area contributed by atoms with Crippen molar-refractivity contribution in [3.05, 3.63) is 41.2 Å². The molecule has 0 saturated carbocycles. The standard InChI is InChI=1S/C10H9BrN4O/c1-15-6-12-5-8(15)10(16)14-7-3-2-4-13-9(7)11/h2-6H,1H3,(H,14,16). The second-order valence-electron chi connectivity index (χ2n) is 3.19. The molecule has 16 heavy (non-hydrogen) atoms. The number of rotatable bonds is 2. The number of pyridine rings is 1. The lowest BCUT2D eigenvalue weighted by Crippen LogP contribution is -2.15. The van der Waals surface area contributed by atoms with Crippen LogP contribution in [-0.4, -0.2) is 20.4 Å². The van der Waals surface area contributed by atoms with Crippen LogP contribution in [0.3, 0.4) is 0 Å². The van der Waals surface area contributed by atoms with Gasteiger partial charge in [-0.3, -0.25) is 4.79 Å². The fraction of sp³-hybridized carbons (Fsp3) is 0.100. The van der Waals surface area contributed by atoms with E-state index in [0.29, 0.717) is 16.0 Å². The third kappa shape index (κ3) is 2.11. The number of amides is 1. The SMILES string of the molecule is Cn1cncc1C(=O)Nc1cccnc1Br. The van der Waals surface area contributed by atoms with E-state index in [1.54, 1.807) is 36.3 Å². The van der Waals surface area contributed by atoms with Gasteiger partial charge in [0.25, 0.3) is 5.91 Å². The van der Waals surface area contributed by atoms with E-state index in [1.165, 1.54) is 6.20 Å². The molecule has 0 fully saturated rings. The number of anilines is 1. The summed E-state index contributed by atoms with van der Waals surface area (Å²) in [6, 6.07) is 3.52. The highest BCUT2D eigenvalue weighted by atomic mass is 79.9. The van der Waals surface area contributed by atoms with Gasteiger partial charge in [0, 0.05) is 13.2 Å². The molecule has 0 radical (unpaired) electrons. The van der Waals surface area contributed by atoms with E-state index in [4.69, 9.17) is 0 Å². The van der Waals surface area contributed by atoms with Gasteiger partial charge in [0.1, 0.15) is 10.3 Å². The number of hydrogen-bond donors (Lipinski definition) is 1. The van der Waals surface area contributed by atoms with Crippen LogP contribution in [-0.2, 0) is 7.05 Å². The van der Waals surface area contributed by atoms with Crippen LogP contribution >= 0.6 is 15.9 Å². The maximum atomic E-state index is 11.8. The zero-order valence-electron chi connectivity index (χ0n) is 8.51. The lowest BCUT2D eigenvalue weighted by molar-refractivity contribution is 0.101. The Balaban J connectivity index is 2.21. The number of aryl methyl sites for hydroxylation is 1. The summed E-state index contributed by atoms with van der Waals surface area (Å²) >= 11 is 3.26. The van der Waals surface area contributed by atoms with E-state index in [0.717, 1.165) is 0 Å². The summed E-state index contributed by atoms with van der Waals surface area (Å²) in [7, 11) is 1.76. The van der Waals surface area contributed by atoms with Gasteiger partial charge in [-0.25, -0.2) is 9.97 Å². The summed E-state index contributed by atoms with van der Waals surface area (Å²) in [5, 5.41) is 2.74. The Morgan fingerprint density at radius 2 is 2.38 bits per heavy atom. The highest BCUT2D eigenvalue weighted by Gasteiger charge is 2.11. The first-order valence-electron chi connectivity index (χ1n) is 4.56. The van der Waals surface area contributed by atoms with Gasteiger partial charge in [-0.2, -0.15) is 0 Å². The molecule has 0 unspecified atom stereocenters. The van der Waals surface area contributed by atoms with Gasteiger partial charge >= 0.3 is 0 Å². The maximum Gasteiger partial charge on any atom is 0.273 e. The molecule has 2 heterocycles. The Labute approximate surface area is 101 Å². The molecule has 2 aromatic heterocycles. The number of carbonyl (C=O) groups excluding carboxylic acids is 1. The molecule has 6 heteroatoms. The van der Waals surface area contributed by atoms with Crippen LogP contribution in [0.5, 0.6) is 0 Å². The van der Waals surface area contributed by atoms with Crippen molar-refractivity contribution in [3.8, 4) is 0 Å². The zero-order chi connectivity index (χ0) is 11.5. The Morgan fingerprint density at radius 1 is 1.56 bits per heavy atom. The topological polar surface area (TPSA) is 59.8 Å². The van der Waals surface area contributed by atoms with Crippen molar-refractivity contribution >= 4 is 27.5 Å². The number of nitrogens with zero attached hydrogens (tertiary/aromatic N) is 3. The van der Waals surface area contributed by atoms with E-state index >= 15 is 0 Å². The van der Waals surface area contributed by atoms with Gasteiger partial charge in [0.05, 0.1) is 18.2 Å². The lowest BCUT2D eigenvalue weighted by atomic mass is 10.3. The summed E-state index contributed by atoms with van der Waals surface area (Å²) in [5.74, 6) is -0.214. The average Bonchev–Trinajstić information content (AvgIpc) is 2.68. The Kier molecular flexibility index (Phi) is 3.00. The minimum Gasteiger partial charge on any atom is -0.330 e. The molecule has 1 N–H and O–H groups in total. The van der Waals surface area contributed by atoms with E-state index in [-0.39, 0.29) is 5.91 Å². The first kappa shape index (κ1) is 10.8. The van der Waals surface area contributed by atoms with Gasteiger partial charge < -0.3 is 9.88 Å². The minimum absolute atomic E-state index is 0.214. The van der Waals surface area contributed by atoms with Crippen LogP contribution in [0, 0.1) is 0 Å². The quantitative estimate of drug-likeness (QED) is 0.854. The molecule has 1 amide bonds. The Hall–Kier alpha value is -1.69. The molecule has 0 spiro atoms. The van der Waals surface area contributed by atoms with Crippen LogP contribution in [0.25, 0.3) is 0 Å². The molecule has 0 aliphatic carbocycles. The molecule has 0 atom stereocenters. The summed E-state index contributed by atoms with van der Waals surface area (Å²) < 4.78 is 2.25. The highest BCUT2D eigenvalue weighted by molar-refractivity contribution is 9.10. The molecule has 0 aliphatic rings. The van der Waals surface area contributed by atoms with Crippen LogP contribution in [0.15, 0.2) is 35.5 Å². The third-order valence-corrected chi connectivity index (χ3v) is 2.69. The van der Waals surface area contributed by atoms with Crippen LogP contribution in [0.4, 0.5) is 5.69 Å². The lowest BCUT2D eigenvalue weighted by Gasteiger charge is -2.06. The van der Waals surface area contributed by atoms with Crippen molar-refractivity contribution in [2.24, 2.45) is 7.05 Å². The average molecular weight is 281 g/mol. The largest absolute Gasteiger partial charge is 0.330 e. The van der Waals surface area contributed by atoms with Crippen molar-refractivity contribution in [1.29, 1.82) is 0 Å². The Morgan fingerprint density at radius 3 is 3.00 bits per heavy atom. The van der Waals surface area contributed by atoms with Gasteiger partial charge in [0.2, 0.25) is 0 Å². The monoisotopic (exact) mass is 280 g/mol. The molecule has 5 nitrogen and oxygen atoms in total. The summed E-state index contributed by atoms with van der Waals surface area (Å²) in [5.41, 5.74) is 1.13. The summed E-state index contributed by atoms with van der Waals surface area (Å²) in [6.45, 7) is 0. The normalized spacial score (nSPS) is 10.1. The van der Waals surface area contributed by atoms with Crippen LogP contribution in [0.2, 0.25) is 0 Å². The molecule has 0 saturated heterocycles. The molecule has 82 valence electrons. The van der Waals surface area contributed by atoms with Crippen molar-refractivity contribution in [1.82, 2.24) is 14.5 Å². The number of aromatic nitrogens is 3. The van der Waals surface area contributed by atoms with Gasteiger partial charge in [-0.05, 0) is 28.1 Å². The van der Waals surface area contributed by atoms with Crippen LogP contribution < -0.4 is 5.32 Å².